The van der Waals surface area contributed by atoms with Crippen LogP contribution in [0.2, 0.25) is 0 Å². The summed E-state index contributed by atoms with van der Waals surface area (Å²) in [5.74, 6) is -4.60. The average molecular weight is 551 g/mol. The van der Waals surface area contributed by atoms with Gasteiger partial charge < -0.3 is 64.9 Å². The van der Waals surface area contributed by atoms with E-state index in [0.29, 0.717) is 0 Å². The van der Waals surface area contributed by atoms with Crippen molar-refractivity contribution in [1.29, 1.82) is 0 Å². The molecule has 2 aliphatic rings. The molecule has 0 spiro atoms. The number of aliphatic hydroxyl groups excluding tert-OH is 8. The van der Waals surface area contributed by atoms with Gasteiger partial charge in [-0.2, -0.15) is 0 Å². The third kappa shape index (κ3) is 6.19. The van der Waals surface area contributed by atoms with Crippen LogP contribution in [0.4, 0.5) is 5.69 Å². The molecule has 17 heteroatoms. The van der Waals surface area contributed by atoms with Gasteiger partial charge in [0.2, 0.25) is 6.29 Å². The van der Waals surface area contributed by atoms with Gasteiger partial charge in [-0.1, -0.05) is 0 Å². The molecule has 11 atom stereocenters. The van der Waals surface area contributed by atoms with Gasteiger partial charge in [-0.15, -0.1) is 0 Å². The summed E-state index contributed by atoms with van der Waals surface area (Å²) in [6.07, 6.45) is -19.2. The van der Waals surface area contributed by atoms with Crippen molar-refractivity contribution in [2.24, 2.45) is 0 Å². The Morgan fingerprint density at radius 1 is 1.08 bits per heavy atom. The number of carboxylic acid groups (broad SMARTS) is 1. The molecule has 2 aliphatic heterocycles. The molecule has 0 aromatic heterocycles. The Kier molecular flexibility index (Phi) is 9.55. The molecule has 214 valence electrons. The molecule has 0 saturated carbocycles. The first kappa shape index (κ1) is 30.0. The SMILES string of the molecule is O=C(O)[C@@]1(OC[C@H]2O[C@@H](Oc3ccc([N+](=O)[O-])cc3)[C@H](O)[C@@H](O)[C@H]2O)C[C@H](O)[C@@H](O)[C@H]([C@H](O)[C@H](O)CO)O1. The number of aliphatic hydroxyl groups is 8. The van der Waals surface area contributed by atoms with Crippen molar-refractivity contribution >= 4 is 11.7 Å². The highest BCUT2D eigenvalue weighted by atomic mass is 16.7. The first-order valence-electron chi connectivity index (χ1n) is 11.3. The zero-order chi connectivity index (χ0) is 28.4. The summed E-state index contributed by atoms with van der Waals surface area (Å²) in [5.41, 5.74) is -0.252. The summed E-state index contributed by atoms with van der Waals surface area (Å²) in [4.78, 5) is 22.2. The molecule has 0 radical (unpaired) electrons. The smallest absolute Gasteiger partial charge is 0.364 e. The number of hydrogen-bond donors (Lipinski definition) is 9. The van der Waals surface area contributed by atoms with Crippen LogP contribution in [0.25, 0.3) is 0 Å². The fourth-order valence-corrected chi connectivity index (χ4v) is 3.99. The normalized spacial score (nSPS) is 37.3. The summed E-state index contributed by atoms with van der Waals surface area (Å²) in [6.45, 7) is -1.84. The zero-order valence-electron chi connectivity index (χ0n) is 19.5. The largest absolute Gasteiger partial charge is 0.477 e. The zero-order valence-corrected chi connectivity index (χ0v) is 19.5. The number of nitrogens with zero attached hydrogens (tertiary/aromatic N) is 1. The van der Waals surface area contributed by atoms with Gasteiger partial charge in [0.1, 0.15) is 54.6 Å². The van der Waals surface area contributed by atoms with Crippen LogP contribution >= 0.6 is 0 Å². The molecule has 0 amide bonds. The van der Waals surface area contributed by atoms with E-state index in [-0.39, 0.29) is 11.4 Å². The Morgan fingerprint density at radius 3 is 2.26 bits per heavy atom. The summed E-state index contributed by atoms with van der Waals surface area (Å²) < 4.78 is 21.4. The number of carboxylic acids is 1. The van der Waals surface area contributed by atoms with Gasteiger partial charge >= 0.3 is 5.97 Å². The molecule has 17 nitrogen and oxygen atoms in total. The summed E-state index contributed by atoms with van der Waals surface area (Å²) in [7, 11) is 0. The average Bonchev–Trinajstić information content (AvgIpc) is 2.89. The fourth-order valence-electron chi connectivity index (χ4n) is 3.99. The maximum absolute atomic E-state index is 12.1. The number of aliphatic carboxylic acids is 1. The third-order valence-electron chi connectivity index (χ3n) is 6.23. The number of hydrogen-bond acceptors (Lipinski definition) is 15. The summed E-state index contributed by atoms with van der Waals surface area (Å²) in [6, 6.07) is 4.58. The first-order chi connectivity index (χ1) is 17.8. The number of nitro groups is 1. The van der Waals surface area contributed by atoms with Crippen LogP contribution in [0.3, 0.4) is 0 Å². The number of carbonyl (C=O) groups is 1. The van der Waals surface area contributed by atoms with Crippen LogP contribution in [0.1, 0.15) is 6.42 Å². The minimum absolute atomic E-state index is 0.0168. The van der Waals surface area contributed by atoms with Crippen LogP contribution in [-0.4, -0.2) is 137 Å². The second kappa shape index (κ2) is 12.1. The molecule has 2 fully saturated rings. The molecule has 0 unspecified atom stereocenters. The molecule has 9 N–H and O–H groups in total. The highest BCUT2D eigenvalue weighted by Crippen LogP contribution is 2.34. The second-order valence-corrected chi connectivity index (χ2v) is 8.84. The first-order valence-corrected chi connectivity index (χ1v) is 11.3. The van der Waals surface area contributed by atoms with Gasteiger partial charge in [-0.05, 0) is 12.1 Å². The molecule has 38 heavy (non-hydrogen) atoms. The van der Waals surface area contributed by atoms with Crippen LogP contribution in [-0.2, 0) is 19.0 Å². The van der Waals surface area contributed by atoms with Crippen molar-refractivity contribution in [1.82, 2.24) is 0 Å². The Bertz CT molecular complexity index is 963. The lowest BCUT2D eigenvalue weighted by molar-refractivity contribution is -0.384. The minimum atomic E-state index is -2.75. The quantitative estimate of drug-likeness (QED) is 0.0984. The van der Waals surface area contributed by atoms with E-state index < -0.39 is 97.5 Å². The van der Waals surface area contributed by atoms with Crippen LogP contribution in [0, 0.1) is 10.1 Å². The molecule has 0 bridgehead atoms. The van der Waals surface area contributed by atoms with Gasteiger partial charge in [0, 0.05) is 18.6 Å². The Morgan fingerprint density at radius 2 is 1.71 bits per heavy atom. The topological polar surface area (TPSA) is 279 Å². The Hall–Kier alpha value is -2.55. The van der Waals surface area contributed by atoms with E-state index in [2.05, 4.69) is 0 Å². The van der Waals surface area contributed by atoms with Crippen LogP contribution in [0.15, 0.2) is 24.3 Å². The van der Waals surface area contributed by atoms with E-state index >= 15 is 0 Å². The summed E-state index contributed by atoms with van der Waals surface area (Å²) >= 11 is 0. The Balaban J connectivity index is 1.76. The standard InChI is InChI=1S/C21H29NO16/c23-6-11(25)14(27)18-13(26)10(24)5-21(38-18,20(31)32)35-7-12-15(28)16(29)17(30)19(37-12)36-9-3-1-8(2-4-9)22(33)34/h1-4,10-19,23-30H,5-7H2,(H,31,32)/t10-,11+,12+,13+,14+,15-,16-,17+,18+,19+,21+/m0/s1. The highest BCUT2D eigenvalue weighted by Gasteiger charge is 2.56. The van der Waals surface area contributed by atoms with E-state index in [4.69, 9.17) is 24.1 Å². The van der Waals surface area contributed by atoms with Gasteiger partial charge in [0.15, 0.2) is 0 Å². The maximum atomic E-state index is 12.1. The van der Waals surface area contributed by atoms with Gasteiger partial charge in [-0.25, -0.2) is 4.79 Å². The van der Waals surface area contributed by atoms with E-state index in [9.17, 15) is 55.8 Å². The molecule has 0 aliphatic carbocycles. The number of rotatable bonds is 10. The predicted molar refractivity (Wildman–Crippen MR) is 117 cm³/mol. The predicted octanol–water partition coefficient (Wildman–Crippen LogP) is -4.20. The molecular formula is C21H29NO16. The second-order valence-electron chi connectivity index (χ2n) is 8.84. The van der Waals surface area contributed by atoms with Crippen molar-refractivity contribution < 1.29 is 74.6 Å². The molecule has 1 aromatic carbocycles. The lowest BCUT2D eigenvalue weighted by Gasteiger charge is -2.46. The minimum Gasteiger partial charge on any atom is -0.477 e. The van der Waals surface area contributed by atoms with Crippen molar-refractivity contribution in [2.45, 2.75) is 73.4 Å². The lowest BCUT2D eigenvalue weighted by atomic mass is 9.90. The summed E-state index contributed by atoms with van der Waals surface area (Å²) in [5, 5.41) is 101. The molecule has 2 saturated heterocycles. The van der Waals surface area contributed by atoms with E-state index in [1.807, 2.05) is 0 Å². The van der Waals surface area contributed by atoms with Crippen molar-refractivity contribution in [3.8, 4) is 5.75 Å². The van der Waals surface area contributed by atoms with Crippen molar-refractivity contribution in [3.63, 3.8) is 0 Å². The lowest BCUT2D eigenvalue weighted by Crippen LogP contribution is -2.65. The monoisotopic (exact) mass is 551 g/mol. The van der Waals surface area contributed by atoms with Gasteiger partial charge in [-0.3, -0.25) is 10.1 Å². The number of benzene rings is 1. The van der Waals surface area contributed by atoms with Gasteiger partial charge in [0.25, 0.3) is 11.5 Å². The Labute approximate surface area is 213 Å². The van der Waals surface area contributed by atoms with E-state index in [1.165, 1.54) is 12.1 Å². The molecular weight excluding hydrogens is 522 g/mol. The van der Waals surface area contributed by atoms with Crippen molar-refractivity contribution in [3.05, 3.63) is 34.4 Å². The number of non-ortho nitro benzene ring substituents is 1. The van der Waals surface area contributed by atoms with Crippen molar-refractivity contribution in [2.75, 3.05) is 13.2 Å². The van der Waals surface area contributed by atoms with E-state index in [0.717, 1.165) is 12.1 Å². The van der Waals surface area contributed by atoms with E-state index in [1.54, 1.807) is 0 Å². The molecule has 2 heterocycles. The fraction of sp³-hybridized carbons (Fsp3) is 0.667. The number of nitro benzene ring substituents is 1. The maximum Gasteiger partial charge on any atom is 0.364 e. The molecule has 1 aromatic rings. The van der Waals surface area contributed by atoms with Crippen LogP contribution in [0.5, 0.6) is 5.75 Å². The molecule has 3 rings (SSSR count). The highest BCUT2D eigenvalue weighted by molar-refractivity contribution is 5.76. The van der Waals surface area contributed by atoms with Crippen LogP contribution < -0.4 is 4.74 Å². The third-order valence-corrected chi connectivity index (χ3v) is 6.23. The number of ether oxygens (including phenoxy) is 4. The van der Waals surface area contributed by atoms with Gasteiger partial charge in [0.05, 0.1) is 24.2 Å².